The number of ether oxygens (including phenoxy) is 1. The van der Waals surface area contributed by atoms with Gasteiger partial charge in [-0.2, -0.15) is 5.10 Å². The molecule has 31 heavy (non-hydrogen) atoms. The molecule has 1 aliphatic rings. The van der Waals surface area contributed by atoms with Crippen molar-refractivity contribution in [2.45, 2.75) is 25.7 Å². The molecule has 160 valence electrons. The molecule has 0 aliphatic carbocycles. The van der Waals surface area contributed by atoms with Crippen molar-refractivity contribution in [1.82, 2.24) is 19.7 Å². The summed E-state index contributed by atoms with van der Waals surface area (Å²) < 4.78 is 6.86. The van der Waals surface area contributed by atoms with Gasteiger partial charge in [0, 0.05) is 25.1 Å². The molecule has 7 heteroatoms. The summed E-state index contributed by atoms with van der Waals surface area (Å²) in [7, 11) is 1.62. The third-order valence-corrected chi connectivity index (χ3v) is 5.67. The molecule has 0 radical (unpaired) electrons. The molecule has 1 aromatic heterocycles. The third kappa shape index (κ3) is 4.60. The summed E-state index contributed by atoms with van der Waals surface area (Å²) in [4.78, 5) is 26.8. The van der Waals surface area contributed by atoms with E-state index in [2.05, 4.69) is 10.2 Å². The molecular weight excluding hydrogens is 392 g/mol. The lowest BCUT2D eigenvalue weighted by atomic mass is 9.95. The first kappa shape index (κ1) is 20.7. The number of piperidine rings is 1. The van der Waals surface area contributed by atoms with E-state index in [9.17, 15) is 9.59 Å². The van der Waals surface area contributed by atoms with Gasteiger partial charge in [-0.25, -0.2) is 14.5 Å². The van der Waals surface area contributed by atoms with Crippen molar-refractivity contribution < 1.29 is 9.53 Å². The van der Waals surface area contributed by atoms with Crippen molar-refractivity contribution in [2.24, 2.45) is 0 Å². The number of benzene rings is 2. The van der Waals surface area contributed by atoms with Crippen LogP contribution in [0.4, 0.5) is 0 Å². The van der Waals surface area contributed by atoms with Crippen molar-refractivity contribution in [3.63, 3.8) is 0 Å². The second-order valence-corrected chi connectivity index (χ2v) is 7.77. The van der Waals surface area contributed by atoms with Crippen LogP contribution in [-0.4, -0.2) is 45.8 Å². The number of amides is 1. The fourth-order valence-corrected chi connectivity index (χ4v) is 3.90. The number of carbonyl (C=O) groups excluding carboxylic acids is 1. The van der Waals surface area contributed by atoms with Gasteiger partial charge in [-0.05, 0) is 55.7 Å². The fourth-order valence-electron chi connectivity index (χ4n) is 3.90. The maximum Gasteiger partial charge on any atom is 0.347 e. The number of nitrogens with zero attached hydrogens (tertiary/aromatic N) is 3. The van der Waals surface area contributed by atoms with Crippen LogP contribution in [0.25, 0.3) is 11.8 Å². The highest BCUT2D eigenvalue weighted by Crippen LogP contribution is 2.27. The molecule has 3 aromatic rings. The molecule has 0 bridgehead atoms. The molecule has 0 atom stereocenters. The number of likely N-dealkylation sites (tertiary alicyclic amines) is 1. The number of methoxy groups -OCH3 is 1. The predicted molar refractivity (Wildman–Crippen MR) is 120 cm³/mol. The zero-order valence-corrected chi connectivity index (χ0v) is 17.7. The average molecular weight is 418 g/mol. The molecule has 1 amide bonds. The largest absolute Gasteiger partial charge is 0.497 e. The first-order chi connectivity index (χ1) is 15.0. The number of rotatable bonds is 5. The van der Waals surface area contributed by atoms with Crippen LogP contribution in [-0.2, 0) is 4.79 Å². The number of hydrogen-bond acceptors (Lipinski definition) is 4. The lowest BCUT2D eigenvalue weighted by Crippen LogP contribution is -2.37. The van der Waals surface area contributed by atoms with Crippen LogP contribution in [0.15, 0.2) is 59.4 Å². The van der Waals surface area contributed by atoms with Crippen molar-refractivity contribution in [1.29, 1.82) is 0 Å². The van der Waals surface area contributed by atoms with Crippen LogP contribution >= 0.6 is 0 Å². The Bertz CT molecular complexity index is 1140. The molecule has 1 fully saturated rings. The number of H-pyrrole nitrogens is 1. The Balaban J connectivity index is 1.42. The topological polar surface area (TPSA) is 80.2 Å². The second kappa shape index (κ2) is 9.04. The van der Waals surface area contributed by atoms with Gasteiger partial charge in [0.1, 0.15) is 11.6 Å². The maximum absolute atomic E-state index is 12.6. The summed E-state index contributed by atoms with van der Waals surface area (Å²) in [5, 5.41) is 6.88. The number of nitrogens with one attached hydrogen (secondary N) is 1. The molecular formula is C24H26N4O3. The van der Waals surface area contributed by atoms with Crippen molar-refractivity contribution in [3.05, 3.63) is 82.0 Å². The summed E-state index contributed by atoms with van der Waals surface area (Å²) in [6, 6.07) is 15.4. The van der Waals surface area contributed by atoms with E-state index in [1.165, 1.54) is 0 Å². The first-order valence-electron chi connectivity index (χ1n) is 10.4. The minimum atomic E-state index is -0.237. The molecule has 7 nitrogen and oxygen atoms in total. The summed E-state index contributed by atoms with van der Waals surface area (Å²) in [6.07, 6.45) is 4.93. The van der Waals surface area contributed by atoms with Gasteiger partial charge >= 0.3 is 5.69 Å². The second-order valence-electron chi connectivity index (χ2n) is 7.77. The van der Waals surface area contributed by atoms with E-state index in [1.807, 2.05) is 60.4 Å². The predicted octanol–water partition coefficient (Wildman–Crippen LogP) is 3.30. The quantitative estimate of drug-likeness (QED) is 0.645. The SMILES string of the molecule is COc1cccc(C=CC(=O)N2CCC(c3n[nH]c(=O)n3-c3ccc(C)cc3)CC2)c1. The van der Waals surface area contributed by atoms with E-state index in [-0.39, 0.29) is 17.5 Å². The van der Waals surface area contributed by atoms with E-state index < -0.39 is 0 Å². The zero-order valence-electron chi connectivity index (χ0n) is 17.7. The zero-order chi connectivity index (χ0) is 21.8. The molecule has 2 heterocycles. The van der Waals surface area contributed by atoms with Gasteiger partial charge in [0.2, 0.25) is 5.91 Å². The number of aromatic nitrogens is 3. The Morgan fingerprint density at radius 3 is 2.61 bits per heavy atom. The molecule has 0 saturated carbocycles. The number of aromatic amines is 1. The number of carbonyl (C=O) groups is 1. The van der Waals surface area contributed by atoms with Gasteiger partial charge in [-0.1, -0.05) is 29.8 Å². The van der Waals surface area contributed by atoms with E-state index in [4.69, 9.17) is 4.74 Å². The normalized spacial score (nSPS) is 14.8. The van der Waals surface area contributed by atoms with Crippen LogP contribution in [0.1, 0.15) is 35.7 Å². The standard InChI is InChI=1S/C24H26N4O3/c1-17-6-9-20(10-7-17)28-23(25-26-24(28)30)19-12-14-27(15-13-19)22(29)11-8-18-4-3-5-21(16-18)31-2/h3-11,16,19H,12-15H2,1-2H3,(H,26,30). The van der Waals surface area contributed by atoms with Gasteiger partial charge in [-0.3, -0.25) is 4.79 Å². The maximum atomic E-state index is 12.6. The van der Waals surface area contributed by atoms with Crippen LogP contribution in [0.5, 0.6) is 5.75 Å². The van der Waals surface area contributed by atoms with Gasteiger partial charge in [-0.15, -0.1) is 0 Å². The van der Waals surface area contributed by atoms with Gasteiger partial charge in [0.05, 0.1) is 12.8 Å². The molecule has 0 spiro atoms. The van der Waals surface area contributed by atoms with Crippen LogP contribution in [0, 0.1) is 6.92 Å². The van der Waals surface area contributed by atoms with Crippen molar-refractivity contribution >= 4 is 12.0 Å². The Morgan fingerprint density at radius 1 is 1.16 bits per heavy atom. The van der Waals surface area contributed by atoms with E-state index in [0.717, 1.165) is 41.2 Å². The van der Waals surface area contributed by atoms with Gasteiger partial charge in [0.15, 0.2) is 0 Å². The third-order valence-electron chi connectivity index (χ3n) is 5.67. The number of hydrogen-bond donors (Lipinski definition) is 1. The summed E-state index contributed by atoms with van der Waals surface area (Å²) >= 11 is 0. The molecule has 4 rings (SSSR count). The summed E-state index contributed by atoms with van der Waals surface area (Å²) in [6.45, 7) is 3.26. The molecule has 1 N–H and O–H groups in total. The van der Waals surface area contributed by atoms with Crippen molar-refractivity contribution in [3.8, 4) is 11.4 Å². The Morgan fingerprint density at radius 2 is 1.90 bits per heavy atom. The molecule has 2 aromatic carbocycles. The first-order valence-corrected chi connectivity index (χ1v) is 10.4. The Kier molecular flexibility index (Phi) is 6.02. The highest BCUT2D eigenvalue weighted by atomic mass is 16.5. The van der Waals surface area contributed by atoms with Crippen LogP contribution < -0.4 is 10.4 Å². The average Bonchev–Trinajstić information content (AvgIpc) is 3.19. The fraction of sp³-hybridized carbons (Fsp3) is 0.292. The molecule has 1 aliphatic heterocycles. The minimum absolute atomic E-state index is 0.0146. The van der Waals surface area contributed by atoms with E-state index in [0.29, 0.717) is 13.1 Å². The van der Waals surface area contributed by atoms with E-state index >= 15 is 0 Å². The monoisotopic (exact) mass is 418 g/mol. The summed E-state index contributed by atoms with van der Waals surface area (Å²) in [5.41, 5.74) is 2.62. The highest BCUT2D eigenvalue weighted by molar-refractivity contribution is 5.91. The van der Waals surface area contributed by atoms with E-state index in [1.54, 1.807) is 23.8 Å². The molecule has 0 unspecified atom stereocenters. The highest BCUT2D eigenvalue weighted by Gasteiger charge is 2.27. The Labute approximate surface area is 181 Å². The number of aryl methyl sites for hydroxylation is 1. The molecule has 1 saturated heterocycles. The lowest BCUT2D eigenvalue weighted by molar-refractivity contribution is -0.127. The van der Waals surface area contributed by atoms with Gasteiger partial charge in [0.25, 0.3) is 0 Å². The van der Waals surface area contributed by atoms with Crippen molar-refractivity contribution in [2.75, 3.05) is 20.2 Å². The van der Waals surface area contributed by atoms with Crippen LogP contribution in [0.3, 0.4) is 0 Å². The summed E-state index contributed by atoms with van der Waals surface area (Å²) in [5.74, 6) is 1.59. The Hall–Kier alpha value is -3.61. The van der Waals surface area contributed by atoms with Gasteiger partial charge < -0.3 is 9.64 Å². The smallest absolute Gasteiger partial charge is 0.347 e. The lowest BCUT2D eigenvalue weighted by Gasteiger charge is -2.30. The van der Waals surface area contributed by atoms with Crippen LogP contribution in [0.2, 0.25) is 0 Å². The minimum Gasteiger partial charge on any atom is -0.497 e.